The quantitative estimate of drug-likeness (QED) is 0.0195. The summed E-state index contributed by atoms with van der Waals surface area (Å²) < 4.78 is 17.7. The van der Waals surface area contributed by atoms with Crippen molar-refractivity contribution >= 4 is 11.9 Å². The van der Waals surface area contributed by atoms with E-state index in [4.69, 9.17) is 14.2 Å². The van der Waals surface area contributed by atoms with E-state index in [1.807, 2.05) is 6.08 Å². The van der Waals surface area contributed by atoms with E-state index in [1.54, 1.807) is 6.08 Å². The van der Waals surface area contributed by atoms with Gasteiger partial charge in [0.05, 0.1) is 25.4 Å². The summed E-state index contributed by atoms with van der Waals surface area (Å²) in [5.41, 5.74) is 0. The van der Waals surface area contributed by atoms with Crippen LogP contribution in [-0.2, 0) is 23.8 Å². The smallest absolute Gasteiger partial charge is 0.306 e. The summed E-state index contributed by atoms with van der Waals surface area (Å²) in [5.74, 6) is -1.19. The molecule has 11 heteroatoms. The molecule has 0 aromatic carbocycles. The maximum absolute atomic E-state index is 13.5. The Labute approximate surface area is 553 Å². The number of hydrogen-bond donors (Lipinski definition) is 6. The first-order chi connectivity index (χ1) is 44.2. The second-order valence-electron chi connectivity index (χ2n) is 26.0. The van der Waals surface area contributed by atoms with Crippen molar-refractivity contribution in [3.63, 3.8) is 0 Å². The number of rotatable bonds is 65. The van der Waals surface area contributed by atoms with Gasteiger partial charge in [-0.15, -0.1) is 0 Å². The molecule has 1 rings (SSSR count). The van der Waals surface area contributed by atoms with Gasteiger partial charge in [0, 0.05) is 6.42 Å². The largest absolute Gasteiger partial charge is 0.454 e. The Balaban J connectivity index is 2.53. The van der Waals surface area contributed by atoms with E-state index in [0.717, 1.165) is 96.3 Å². The number of carbonyl (C=O) groups is 2. The molecule has 11 nitrogen and oxygen atoms in total. The van der Waals surface area contributed by atoms with Crippen molar-refractivity contribution in [2.24, 2.45) is 0 Å². The van der Waals surface area contributed by atoms with Crippen molar-refractivity contribution in [2.45, 2.75) is 391 Å². The summed E-state index contributed by atoms with van der Waals surface area (Å²) in [6.45, 7) is 5.71. The predicted octanol–water partition coefficient (Wildman–Crippen LogP) is 20.0. The molecule has 90 heavy (non-hydrogen) atoms. The van der Waals surface area contributed by atoms with Gasteiger partial charge in [-0.25, -0.2) is 0 Å². The maximum atomic E-state index is 13.5. The molecule has 1 heterocycles. The molecule has 1 amide bonds. The number of allylic oxidation sites excluding steroid dienone is 13. The Morgan fingerprint density at radius 2 is 0.800 bits per heavy atom. The number of ether oxygens (including phenoxy) is 3. The molecule has 1 saturated heterocycles. The van der Waals surface area contributed by atoms with E-state index in [9.17, 15) is 35.1 Å². The summed E-state index contributed by atoms with van der Waals surface area (Å²) >= 11 is 0. The Morgan fingerprint density at radius 1 is 0.444 bits per heavy atom. The van der Waals surface area contributed by atoms with Gasteiger partial charge in [-0.2, -0.15) is 0 Å². The molecule has 1 fully saturated rings. The zero-order valence-corrected chi connectivity index (χ0v) is 58.2. The molecule has 0 saturated carbocycles. The number of carbonyl (C=O) groups excluding carboxylic acids is 2. The fourth-order valence-electron chi connectivity index (χ4n) is 11.6. The molecule has 1 aliphatic heterocycles. The lowest BCUT2D eigenvalue weighted by molar-refractivity contribution is -0.305. The van der Waals surface area contributed by atoms with Crippen molar-refractivity contribution < 1.29 is 49.3 Å². The van der Waals surface area contributed by atoms with Crippen LogP contribution in [0.5, 0.6) is 0 Å². The van der Waals surface area contributed by atoms with Crippen LogP contribution in [0.2, 0.25) is 0 Å². The number of amides is 1. The van der Waals surface area contributed by atoms with Gasteiger partial charge in [-0.1, -0.05) is 324 Å². The van der Waals surface area contributed by atoms with Gasteiger partial charge < -0.3 is 45.1 Å². The molecule has 522 valence electrons. The first-order valence-electron chi connectivity index (χ1n) is 37.9. The summed E-state index contributed by atoms with van der Waals surface area (Å²) in [4.78, 5) is 26.7. The standard InChI is InChI=1S/C79H141NO10/c1-4-7-10-13-16-19-22-25-27-29-31-33-35-36-37-39-40-42-44-46-48-51-54-57-60-63-66-72(83)78(87)80-70(71(82)65-62-59-56-53-50-24-21-18-15-12-9-6-3)69-88-79-77(76(86)75(85)73(68-81)89-79)90-74(84)67-64-61-58-55-52-49-47-45-43-41-38-34-32-30-28-26-23-20-17-14-11-8-5-2/h7,10,16,19,25-28,31,33,36-37,62,65,70-73,75-77,79,81-83,85-86H,4-6,8-9,11-15,17-18,20-24,29-30,32,34-35,38-61,63-64,66-69H2,1-3H3,(H,80,87)/b10-7-,19-16-,27-25-,28-26+,33-31-,37-36-,65-62+. The maximum Gasteiger partial charge on any atom is 0.306 e. The van der Waals surface area contributed by atoms with Crippen molar-refractivity contribution in [1.82, 2.24) is 5.32 Å². The van der Waals surface area contributed by atoms with Crippen LogP contribution in [-0.4, -0.2) is 99.6 Å². The van der Waals surface area contributed by atoms with Crippen molar-refractivity contribution in [3.8, 4) is 0 Å². The molecule has 8 atom stereocenters. The minimum absolute atomic E-state index is 0.123. The van der Waals surface area contributed by atoms with E-state index in [-0.39, 0.29) is 19.4 Å². The molecule has 8 unspecified atom stereocenters. The lowest BCUT2D eigenvalue weighted by atomic mass is 9.99. The summed E-state index contributed by atoms with van der Waals surface area (Å²) in [6.07, 6.45) is 77.7. The van der Waals surface area contributed by atoms with Gasteiger partial charge in [-0.05, 0) is 96.3 Å². The molecule has 0 spiro atoms. The molecule has 0 aromatic heterocycles. The topological polar surface area (TPSA) is 175 Å². The lowest BCUT2D eigenvalue weighted by Crippen LogP contribution is -2.61. The minimum atomic E-state index is -1.62. The van der Waals surface area contributed by atoms with Crippen LogP contribution in [0.4, 0.5) is 0 Å². The fraction of sp³-hybridized carbons (Fsp3) is 0.797. The second kappa shape index (κ2) is 65.9. The van der Waals surface area contributed by atoms with Gasteiger partial charge in [0.15, 0.2) is 12.4 Å². The third-order valence-electron chi connectivity index (χ3n) is 17.5. The van der Waals surface area contributed by atoms with E-state index >= 15 is 0 Å². The van der Waals surface area contributed by atoms with Crippen LogP contribution in [0.1, 0.15) is 342 Å². The monoisotopic (exact) mass is 1260 g/mol. The zero-order valence-electron chi connectivity index (χ0n) is 58.2. The number of aliphatic hydroxyl groups is 5. The van der Waals surface area contributed by atoms with Crippen LogP contribution in [0.25, 0.3) is 0 Å². The number of esters is 1. The van der Waals surface area contributed by atoms with Crippen LogP contribution >= 0.6 is 0 Å². The van der Waals surface area contributed by atoms with Gasteiger partial charge >= 0.3 is 5.97 Å². The number of hydrogen-bond acceptors (Lipinski definition) is 10. The minimum Gasteiger partial charge on any atom is -0.454 e. The van der Waals surface area contributed by atoms with Crippen molar-refractivity contribution in [3.05, 3.63) is 85.1 Å². The van der Waals surface area contributed by atoms with E-state index < -0.39 is 67.4 Å². The Hall–Kier alpha value is -3.16. The van der Waals surface area contributed by atoms with Gasteiger partial charge in [0.25, 0.3) is 0 Å². The summed E-state index contributed by atoms with van der Waals surface area (Å²) in [6, 6.07) is -1.03. The van der Waals surface area contributed by atoms with Gasteiger partial charge in [-0.3, -0.25) is 9.59 Å². The third kappa shape index (κ3) is 52.2. The fourth-order valence-corrected chi connectivity index (χ4v) is 11.6. The highest BCUT2D eigenvalue weighted by atomic mass is 16.7. The zero-order chi connectivity index (χ0) is 65.3. The SMILES string of the molecule is CC/C=C\C/C=C\C/C=C\C/C=C\C/C=C\CCCCCCCCCCCCC(O)C(=O)NC(COC1OC(CO)C(O)C(O)C1OC(=O)CCCCCCCCCCCCCCC/C=C/CCCCCCCC)C(O)/C=C/CCCCCCCCCCCC. The van der Waals surface area contributed by atoms with Crippen LogP contribution < -0.4 is 5.32 Å². The number of nitrogens with one attached hydrogen (secondary N) is 1. The average Bonchev–Trinajstić information content (AvgIpc) is 1.11. The van der Waals surface area contributed by atoms with Crippen LogP contribution in [0.3, 0.4) is 0 Å². The van der Waals surface area contributed by atoms with E-state index in [2.05, 4.69) is 99.0 Å². The highest BCUT2D eigenvalue weighted by Gasteiger charge is 2.47. The molecule has 6 N–H and O–H groups in total. The average molecular weight is 1260 g/mol. The highest BCUT2D eigenvalue weighted by molar-refractivity contribution is 5.80. The van der Waals surface area contributed by atoms with E-state index in [0.29, 0.717) is 12.8 Å². The van der Waals surface area contributed by atoms with Crippen LogP contribution in [0.15, 0.2) is 85.1 Å². The number of aliphatic hydroxyl groups excluding tert-OH is 5. The normalized spacial score (nSPS) is 18.5. The molecule has 0 radical (unpaired) electrons. The summed E-state index contributed by atoms with van der Waals surface area (Å²) in [7, 11) is 0. The molecular weight excluding hydrogens is 1120 g/mol. The first kappa shape index (κ1) is 84.9. The Bertz CT molecular complexity index is 1790. The first-order valence-corrected chi connectivity index (χ1v) is 37.9. The number of unbranched alkanes of at least 4 members (excludes halogenated alkanes) is 39. The molecule has 0 aromatic rings. The summed E-state index contributed by atoms with van der Waals surface area (Å²) in [5, 5.41) is 57.4. The van der Waals surface area contributed by atoms with Gasteiger partial charge in [0.1, 0.15) is 24.4 Å². The molecule has 0 aliphatic carbocycles. The lowest BCUT2D eigenvalue weighted by Gasteiger charge is -2.41. The molecular formula is C79H141NO10. The van der Waals surface area contributed by atoms with E-state index in [1.165, 1.54) is 199 Å². The Morgan fingerprint density at radius 3 is 1.21 bits per heavy atom. The second-order valence-corrected chi connectivity index (χ2v) is 26.0. The van der Waals surface area contributed by atoms with Gasteiger partial charge in [0.2, 0.25) is 5.91 Å². The predicted molar refractivity (Wildman–Crippen MR) is 379 cm³/mol. The van der Waals surface area contributed by atoms with Crippen LogP contribution in [0, 0.1) is 0 Å². The third-order valence-corrected chi connectivity index (χ3v) is 17.5. The molecule has 1 aliphatic rings. The van der Waals surface area contributed by atoms with Crippen molar-refractivity contribution in [2.75, 3.05) is 13.2 Å². The Kier molecular flexibility index (Phi) is 62.1. The highest BCUT2D eigenvalue weighted by Crippen LogP contribution is 2.26. The van der Waals surface area contributed by atoms with Crippen molar-refractivity contribution in [1.29, 1.82) is 0 Å². The molecule has 0 bridgehead atoms.